The van der Waals surface area contributed by atoms with Crippen molar-refractivity contribution in [3.63, 3.8) is 0 Å². The summed E-state index contributed by atoms with van der Waals surface area (Å²) in [6, 6.07) is 1.96. The van der Waals surface area contributed by atoms with E-state index in [1.54, 1.807) is 7.11 Å². The van der Waals surface area contributed by atoms with Crippen LogP contribution >= 0.6 is 0 Å². The monoisotopic (exact) mass is 292 g/mol. The summed E-state index contributed by atoms with van der Waals surface area (Å²) in [5, 5.41) is 8.19. The molecule has 2 rings (SSSR count). The molecule has 0 N–H and O–H groups in total. The van der Waals surface area contributed by atoms with Crippen molar-refractivity contribution in [3.8, 4) is 0 Å². The molecule has 0 bridgehead atoms. The van der Waals surface area contributed by atoms with Gasteiger partial charge in [-0.15, -0.1) is 0 Å². The van der Waals surface area contributed by atoms with E-state index in [2.05, 4.69) is 38.0 Å². The summed E-state index contributed by atoms with van der Waals surface area (Å²) in [5.74, 6) is 2.54. The Morgan fingerprint density at radius 3 is 2.57 bits per heavy atom. The van der Waals surface area contributed by atoms with Gasteiger partial charge in [-0.1, -0.05) is 31.1 Å². The molecule has 0 saturated carbocycles. The zero-order valence-corrected chi connectivity index (χ0v) is 13.5. The van der Waals surface area contributed by atoms with Crippen molar-refractivity contribution in [1.29, 1.82) is 0 Å². The van der Waals surface area contributed by atoms with E-state index >= 15 is 0 Å². The van der Waals surface area contributed by atoms with Crippen LogP contribution in [0.25, 0.3) is 0 Å². The number of aromatic nitrogens is 2. The Hall–Kier alpha value is -1.62. The van der Waals surface area contributed by atoms with Gasteiger partial charge in [0.25, 0.3) is 0 Å². The third-order valence-corrected chi connectivity index (χ3v) is 3.75. The zero-order chi connectivity index (χ0) is 15.4. The third-order valence-electron chi connectivity index (χ3n) is 3.75. The number of nitrogens with zero attached hydrogens (tertiary/aromatic N) is 2. The summed E-state index contributed by atoms with van der Waals surface area (Å²) in [6.45, 7) is 8.93. The SMILES string of the molecule is COCc1cc(C(C)CCc2noc(C(C)C)c2C)on1. The molecular formula is C16H24N2O3. The van der Waals surface area contributed by atoms with E-state index in [1.807, 2.05) is 6.07 Å². The number of hydrogen-bond acceptors (Lipinski definition) is 5. The molecule has 2 aromatic heterocycles. The standard InChI is InChI=1S/C16H24N2O3/c1-10(2)16-12(4)14(18-21-16)7-6-11(3)15-8-13(9-19-5)17-20-15/h8,10-11H,6-7,9H2,1-5H3. The lowest BCUT2D eigenvalue weighted by atomic mass is 9.98. The molecule has 0 aliphatic carbocycles. The molecule has 1 atom stereocenters. The Labute approximate surface area is 125 Å². The zero-order valence-electron chi connectivity index (χ0n) is 13.5. The van der Waals surface area contributed by atoms with Crippen molar-refractivity contribution in [2.45, 2.75) is 59.0 Å². The van der Waals surface area contributed by atoms with E-state index in [1.165, 1.54) is 5.56 Å². The highest BCUT2D eigenvalue weighted by molar-refractivity contribution is 5.23. The fourth-order valence-electron chi connectivity index (χ4n) is 2.43. The van der Waals surface area contributed by atoms with Crippen molar-refractivity contribution < 1.29 is 13.8 Å². The molecule has 21 heavy (non-hydrogen) atoms. The summed E-state index contributed by atoms with van der Waals surface area (Å²) >= 11 is 0. The van der Waals surface area contributed by atoms with E-state index in [0.717, 1.165) is 35.7 Å². The second-order valence-electron chi connectivity index (χ2n) is 5.87. The van der Waals surface area contributed by atoms with E-state index < -0.39 is 0 Å². The normalized spacial score (nSPS) is 13.0. The average molecular weight is 292 g/mol. The van der Waals surface area contributed by atoms with Crippen LogP contribution in [0.5, 0.6) is 0 Å². The fourth-order valence-corrected chi connectivity index (χ4v) is 2.43. The van der Waals surface area contributed by atoms with Crippen LogP contribution in [0.4, 0.5) is 0 Å². The van der Waals surface area contributed by atoms with Crippen LogP contribution in [0.1, 0.15) is 67.5 Å². The molecule has 0 saturated heterocycles. The molecule has 0 amide bonds. The van der Waals surface area contributed by atoms with E-state index in [4.69, 9.17) is 13.8 Å². The molecule has 5 nitrogen and oxygen atoms in total. The highest BCUT2D eigenvalue weighted by atomic mass is 16.5. The topological polar surface area (TPSA) is 61.3 Å². The van der Waals surface area contributed by atoms with E-state index in [-0.39, 0.29) is 0 Å². The molecular weight excluding hydrogens is 268 g/mol. The van der Waals surface area contributed by atoms with Gasteiger partial charge >= 0.3 is 0 Å². The maximum absolute atomic E-state index is 5.43. The van der Waals surface area contributed by atoms with Gasteiger partial charge in [-0.25, -0.2) is 0 Å². The maximum atomic E-state index is 5.43. The Kier molecular flexibility index (Phi) is 5.17. The van der Waals surface area contributed by atoms with Gasteiger partial charge in [0.1, 0.15) is 17.2 Å². The summed E-state index contributed by atoms with van der Waals surface area (Å²) in [7, 11) is 1.65. The van der Waals surface area contributed by atoms with E-state index in [9.17, 15) is 0 Å². The number of methoxy groups -OCH3 is 1. The lowest BCUT2D eigenvalue weighted by Gasteiger charge is -2.06. The molecule has 0 fully saturated rings. The Morgan fingerprint density at radius 2 is 1.95 bits per heavy atom. The highest BCUT2D eigenvalue weighted by Gasteiger charge is 2.17. The van der Waals surface area contributed by atoms with Gasteiger partial charge in [0, 0.05) is 30.6 Å². The molecule has 0 aromatic carbocycles. The number of rotatable bonds is 7. The predicted molar refractivity (Wildman–Crippen MR) is 79.3 cm³/mol. The first-order valence-corrected chi connectivity index (χ1v) is 7.42. The molecule has 2 heterocycles. The molecule has 0 aliphatic heterocycles. The second kappa shape index (κ2) is 6.89. The summed E-state index contributed by atoms with van der Waals surface area (Å²) in [5.41, 5.74) is 3.05. The van der Waals surface area contributed by atoms with Crippen LogP contribution in [0.15, 0.2) is 15.1 Å². The molecule has 5 heteroatoms. The van der Waals surface area contributed by atoms with Gasteiger partial charge in [-0.3, -0.25) is 0 Å². The number of ether oxygens (including phenoxy) is 1. The Bertz CT molecular complexity index is 572. The van der Waals surface area contributed by atoms with Crippen LogP contribution in [0.2, 0.25) is 0 Å². The molecule has 1 unspecified atom stereocenters. The van der Waals surface area contributed by atoms with Crippen LogP contribution in [0.3, 0.4) is 0 Å². The summed E-state index contributed by atoms with van der Waals surface area (Å²) < 4.78 is 15.8. The lowest BCUT2D eigenvalue weighted by molar-refractivity contribution is 0.177. The van der Waals surface area contributed by atoms with Crippen molar-refractivity contribution in [2.24, 2.45) is 0 Å². The van der Waals surface area contributed by atoms with Gasteiger partial charge in [0.15, 0.2) is 0 Å². The van der Waals surface area contributed by atoms with Crippen LogP contribution < -0.4 is 0 Å². The van der Waals surface area contributed by atoms with Crippen molar-refractivity contribution in [1.82, 2.24) is 10.3 Å². The van der Waals surface area contributed by atoms with E-state index in [0.29, 0.717) is 18.4 Å². The fraction of sp³-hybridized carbons (Fsp3) is 0.625. The van der Waals surface area contributed by atoms with Gasteiger partial charge in [0.05, 0.1) is 12.3 Å². The van der Waals surface area contributed by atoms with Crippen LogP contribution in [-0.4, -0.2) is 17.4 Å². The second-order valence-corrected chi connectivity index (χ2v) is 5.87. The summed E-state index contributed by atoms with van der Waals surface area (Å²) in [6.07, 6.45) is 1.83. The molecule has 2 aromatic rings. The molecule has 0 aliphatic rings. The number of aryl methyl sites for hydroxylation is 1. The predicted octanol–water partition coefficient (Wildman–Crippen LogP) is 3.98. The van der Waals surface area contributed by atoms with Crippen molar-refractivity contribution >= 4 is 0 Å². The lowest BCUT2D eigenvalue weighted by Crippen LogP contribution is -1.97. The highest BCUT2D eigenvalue weighted by Crippen LogP contribution is 2.26. The minimum atomic E-state index is 0.293. The third kappa shape index (κ3) is 3.73. The Balaban J connectivity index is 1.95. The first-order chi connectivity index (χ1) is 10.0. The van der Waals surface area contributed by atoms with Crippen molar-refractivity contribution in [3.05, 3.63) is 34.5 Å². The quantitative estimate of drug-likeness (QED) is 0.772. The number of hydrogen-bond donors (Lipinski definition) is 0. The molecule has 0 spiro atoms. The minimum Gasteiger partial charge on any atom is -0.378 e. The van der Waals surface area contributed by atoms with Gasteiger partial charge < -0.3 is 13.8 Å². The average Bonchev–Trinajstić information content (AvgIpc) is 3.04. The van der Waals surface area contributed by atoms with Gasteiger partial charge in [-0.2, -0.15) is 0 Å². The van der Waals surface area contributed by atoms with Crippen LogP contribution in [0, 0.1) is 6.92 Å². The Morgan fingerprint density at radius 1 is 1.19 bits per heavy atom. The van der Waals surface area contributed by atoms with Gasteiger partial charge in [-0.05, 0) is 19.8 Å². The minimum absolute atomic E-state index is 0.293. The smallest absolute Gasteiger partial charge is 0.142 e. The maximum Gasteiger partial charge on any atom is 0.142 e. The summed E-state index contributed by atoms with van der Waals surface area (Å²) in [4.78, 5) is 0. The van der Waals surface area contributed by atoms with Crippen molar-refractivity contribution in [2.75, 3.05) is 7.11 Å². The molecule has 116 valence electrons. The van der Waals surface area contributed by atoms with Gasteiger partial charge in [0.2, 0.25) is 0 Å². The molecule has 0 radical (unpaired) electrons. The first-order valence-electron chi connectivity index (χ1n) is 7.42. The van der Waals surface area contributed by atoms with Crippen LogP contribution in [-0.2, 0) is 17.8 Å². The largest absolute Gasteiger partial charge is 0.378 e. The first kappa shape index (κ1) is 15.8.